The fourth-order valence-corrected chi connectivity index (χ4v) is 7.11. The van der Waals surface area contributed by atoms with Crippen molar-refractivity contribution < 1.29 is 22.3 Å². The lowest BCUT2D eigenvalue weighted by Crippen LogP contribution is -2.25. The van der Waals surface area contributed by atoms with E-state index in [-0.39, 0.29) is 23.0 Å². The Labute approximate surface area is 242 Å². The van der Waals surface area contributed by atoms with Crippen molar-refractivity contribution in [2.75, 3.05) is 0 Å². The number of halogens is 4. The minimum Gasteiger partial charge on any atom is -0.429 e. The highest BCUT2D eigenvalue weighted by Gasteiger charge is 2.35. The van der Waals surface area contributed by atoms with Crippen LogP contribution >= 0.6 is 0 Å². The summed E-state index contributed by atoms with van der Waals surface area (Å²) >= 11 is 0. The van der Waals surface area contributed by atoms with E-state index in [1.165, 1.54) is 36.6 Å². The van der Waals surface area contributed by atoms with Crippen LogP contribution in [0.15, 0.2) is 66.7 Å². The van der Waals surface area contributed by atoms with Gasteiger partial charge in [0.15, 0.2) is 0 Å². The number of rotatable bonds is 10. The Kier molecular flexibility index (Phi) is 9.72. The van der Waals surface area contributed by atoms with Crippen molar-refractivity contribution >= 4 is 0 Å². The van der Waals surface area contributed by atoms with E-state index < -0.39 is 11.9 Å². The van der Waals surface area contributed by atoms with Gasteiger partial charge in [-0.3, -0.25) is 0 Å². The standard InChI is InChI=1S/C36H42F4O/c1-2-3-4-5-25-6-18-31(19-7-25)36(39,40)41-33-22-23-34(35(38)24-33)30-14-12-28(13-15-30)26-8-10-27(11-9-26)29-16-20-32(37)21-17-29/h6-7,16-24,26-28,30H,2-5,8-15H2,1H3. The third-order valence-corrected chi connectivity index (χ3v) is 9.57. The third-order valence-electron chi connectivity index (χ3n) is 9.57. The molecular formula is C36H42F4O. The van der Waals surface area contributed by atoms with E-state index in [4.69, 9.17) is 4.74 Å². The molecule has 0 heterocycles. The monoisotopic (exact) mass is 566 g/mol. The van der Waals surface area contributed by atoms with Crippen molar-refractivity contribution in [3.05, 3.63) is 101 Å². The second kappa shape index (κ2) is 13.4. The maximum Gasteiger partial charge on any atom is 0.426 e. The van der Waals surface area contributed by atoms with Gasteiger partial charge in [-0.2, -0.15) is 8.78 Å². The van der Waals surface area contributed by atoms with Gasteiger partial charge in [-0.1, -0.05) is 50.1 Å². The molecule has 220 valence electrons. The molecule has 2 aliphatic rings. The predicted octanol–water partition coefficient (Wildman–Crippen LogP) is 11.1. The molecule has 0 bridgehead atoms. The number of hydrogen-bond acceptors (Lipinski definition) is 1. The largest absolute Gasteiger partial charge is 0.429 e. The number of aryl methyl sites for hydroxylation is 1. The van der Waals surface area contributed by atoms with E-state index in [1.54, 1.807) is 30.3 Å². The van der Waals surface area contributed by atoms with Crippen molar-refractivity contribution in [1.82, 2.24) is 0 Å². The molecule has 41 heavy (non-hydrogen) atoms. The summed E-state index contributed by atoms with van der Waals surface area (Å²) in [6, 6.07) is 17.4. The Bertz CT molecular complexity index is 1240. The average molecular weight is 567 g/mol. The topological polar surface area (TPSA) is 9.23 Å². The molecule has 0 N–H and O–H groups in total. The Morgan fingerprint density at radius 2 is 1.32 bits per heavy atom. The van der Waals surface area contributed by atoms with Gasteiger partial charge in [0.2, 0.25) is 0 Å². The highest BCUT2D eigenvalue weighted by Crippen LogP contribution is 2.46. The molecule has 0 amide bonds. The molecule has 2 aliphatic carbocycles. The second-order valence-corrected chi connectivity index (χ2v) is 12.2. The molecule has 0 aromatic heterocycles. The molecule has 0 radical (unpaired) electrons. The molecule has 0 aliphatic heterocycles. The summed E-state index contributed by atoms with van der Waals surface area (Å²) in [4.78, 5) is 0. The van der Waals surface area contributed by atoms with Crippen molar-refractivity contribution in [2.45, 2.75) is 102 Å². The molecular weight excluding hydrogens is 524 g/mol. The summed E-state index contributed by atoms with van der Waals surface area (Å²) in [6.07, 6.45) is 9.23. The van der Waals surface area contributed by atoms with Crippen LogP contribution in [0.4, 0.5) is 17.6 Å². The lowest BCUT2D eigenvalue weighted by Gasteiger charge is -2.38. The van der Waals surface area contributed by atoms with Gasteiger partial charge in [0.25, 0.3) is 0 Å². The van der Waals surface area contributed by atoms with Gasteiger partial charge in [0.1, 0.15) is 17.4 Å². The van der Waals surface area contributed by atoms with Crippen LogP contribution < -0.4 is 4.74 Å². The molecule has 3 aromatic rings. The predicted molar refractivity (Wildman–Crippen MR) is 156 cm³/mol. The first-order valence-corrected chi connectivity index (χ1v) is 15.5. The number of hydrogen-bond donors (Lipinski definition) is 0. The lowest BCUT2D eigenvalue weighted by atomic mass is 9.67. The van der Waals surface area contributed by atoms with Crippen molar-refractivity contribution in [3.63, 3.8) is 0 Å². The molecule has 2 saturated carbocycles. The van der Waals surface area contributed by atoms with Crippen LogP contribution in [0.3, 0.4) is 0 Å². The van der Waals surface area contributed by atoms with Gasteiger partial charge in [0, 0.05) is 6.07 Å². The van der Waals surface area contributed by atoms with E-state index in [2.05, 4.69) is 6.92 Å². The zero-order valence-electron chi connectivity index (χ0n) is 24.1. The summed E-state index contributed by atoms with van der Waals surface area (Å²) in [5, 5.41) is 0. The van der Waals surface area contributed by atoms with Gasteiger partial charge in [-0.15, -0.1) is 0 Å². The molecule has 3 aromatic carbocycles. The first-order chi connectivity index (χ1) is 19.8. The lowest BCUT2D eigenvalue weighted by molar-refractivity contribution is -0.185. The maximum absolute atomic E-state index is 15.1. The number of benzene rings is 3. The Hall–Kier alpha value is -2.82. The van der Waals surface area contributed by atoms with Crippen LogP contribution in [0.2, 0.25) is 0 Å². The molecule has 0 saturated heterocycles. The Balaban J connectivity index is 1.12. The fraction of sp³-hybridized carbons (Fsp3) is 0.500. The van der Waals surface area contributed by atoms with E-state index in [0.29, 0.717) is 23.3 Å². The number of ether oxygens (including phenoxy) is 1. The molecule has 2 fully saturated rings. The first kappa shape index (κ1) is 29.7. The molecule has 0 unspecified atom stereocenters. The fourth-order valence-electron chi connectivity index (χ4n) is 7.11. The average Bonchev–Trinajstić information content (AvgIpc) is 2.98. The SMILES string of the molecule is CCCCCc1ccc(C(F)(F)Oc2ccc(C3CCC(C4CCC(c5ccc(F)cc5)CC4)CC3)c(F)c2)cc1. The normalized spacial score (nSPS) is 23.3. The summed E-state index contributed by atoms with van der Waals surface area (Å²) in [5.74, 6) is 1.16. The van der Waals surface area contributed by atoms with Gasteiger partial charge in [-0.25, -0.2) is 8.78 Å². The molecule has 5 heteroatoms. The zero-order chi connectivity index (χ0) is 28.8. The van der Waals surface area contributed by atoms with Crippen LogP contribution in [-0.4, -0.2) is 0 Å². The summed E-state index contributed by atoms with van der Waals surface area (Å²) in [7, 11) is 0. The van der Waals surface area contributed by atoms with Crippen LogP contribution in [0.1, 0.15) is 112 Å². The Morgan fingerprint density at radius 3 is 1.90 bits per heavy atom. The van der Waals surface area contributed by atoms with E-state index in [9.17, 15) is 13.2 Å². The van der Waals surface area contributed by atoms with Gasteiger partial charge >= 0.3 is 6.11 Å². The van der Waals surface area contributed by atoms with Crippen LogP contribution in [0.5, 0.6) is 5.75 Å². The van der Waals surface area contributed by atoms with E-state index >= 15 is 4.39 Å². The van der Waals surface area contributed by atoms with E-state index in [0.717, 1.165) is 75.8 Å². The van der Waals surface area contributed by atoms with Crippen molar-refractivity contribution in [2.24, 2.45) is 11.8 Å². The number of alkyl halides is 2. The third kappa shape index (κ3) is 7.53. The van der Waals surface area contributed by atoms with Crippen molar-refractivity contribution in [3.8, 4) is 5.75 Å². The summed E-state index contributed by atoms with van der Waals surface area (Å²) in [5.41, 5.74) is 2.65. The minimum atomic E-state index is -3.54. The zero-order valence-corrected chi connectivity index (χ0v) is 24.1. The Morgan fingerprint density at radius 1 is 0.707 bits per heavy atom. The second-order valence-electron chi connectivity index (χ2n) is 12.2. The van der Waals surface area contributed by atoms with Gasteiger partial charge in [0.05, 0.1) is 5.56 Å². The summed E-state index contributed by atoms with van der Waals surface area (Å²) < 4.78 is 63.1. The van der Waals surface area contributed by atoms with Crippen LogP contribution in [0.25, 0.3) is 0 Å². The van der Waals surface area contributed by atoms with Crippen LogP contribution in [0, 0.1) is 23.5 Å². The number of unbranched alkanes of at least 4 members (excludes halogenated alkanes) is 2. The molecule has 1 nitrogen and oxygen atoms in total. The van der Waals surface area contributed by atoms with Crippen molar-refractivity contribution in [1.29, 1.82) is 0 Å². The molecule has 0 atom stereocenters. The highest BCUT2D eigenvalue weighted by atomic mass is 19.3. The van der Waals surface area contributed by atoms with Crippen LogP contribution in [-0.2, 0) is 12.5 Å². The molecule has 5 rings (SSSR count). The maximum atomic E-state index is 15.1. The highest BCUT2D eigenvalue weighted by molar-refractivity contribution is 5.33. The quantitative estimate of drug-likeness (QED) is 0.175. The first-order valence-electron chi connectivity index (χ1n) is 15.5. The summed E-state index contributed by atoms with van der Waals surface area (Å²) in [6.45, 7) is 2.13. The van der Waals surface area contributed by atoms with Gasteiger partial charge < -0.3 is 4.74 Å². The van der Waals surface area contributed by atoms with E-state index in [1.807, 2.05) is 12.1 Å². The smallest absolute Gasteiger partial charge is 0.426 e. The minimum absolute atomic E-state index is 0.108. The molecule has 0 spiro atoms. The van der Waals surface area contributed by atoms with Gasteiger partial charge in [-0.05, 0) is 135 Å².